The van der Waals surface area contributed by atoms with Crippen LogP contribution in [0.25, 0.3) is 11.4 Å². The molecule has 29 heavy (non-hydrogen) atoms. The molecule has 1 aliphatic heterocycles. The molecule has 8 nitrogen and oxygen atoms in total. The van der Waals surface area contributed by atoms with Crippen LogP contribution in [0, 0.1) is 6.92 Å². The fourth-order valence-corrected chi connectivity index (χ4v) is 3.20. The van der Waals surface area contributed by atoms with E-state index < -0.39 is 0 Å². The molecule has 0 radical (unpaired) electrons. The quantitative estimate of drug-likeness (QED) is 0.733. The fourth-order valence-electron chi connectivity index (χ4n) is 3.20. The predicted molar refractivity (Wildman–Crippen MR) is 111 cm³/mol. The molecule has 0 saturated carbocycles. The number of nitrogens with one attached hydrogen (secondary N) is 1. The normalized spacial score (nSPS) is 14.1. The summed E-state index contributed by atoms with van der Waals surface area (Å²) < 4.78 is 5.15. The van der Waals surface area contributed by atoms with Crippen LogP contribution in [0.15, 0.2) is 47.1 Å². The Balaban J connectivity index is 1.33. The van der Waals surface area contributed by atoms with E-state index in [9.17, 15) is 4.79 Å². The highest BCUT2D eigenvalue weighted by Crippen LogP contribution is 2.20. The zero-order chi connectivity index (χ0) is 20.2. The first kappa shape index (κ1) is 18.9. The molecule has 0 bridgehead atoms. The molecular weight excluding hydrogens is 368 g/mol. The highest BCUT2D eigenvalue weighted by Gasteiger charge is 2.22. The van der Waals surface area contributed by atoms with Crippen molar-refractivity contribution in [2.75, 3.05) is 36.4 Å². The molecular formula is C21H24N6O2. The maximum absolute atomic E-state index is 12.5. The van der Waals surface area contributed by atoms with Crippen LogP contribution in [0.4, 0.5) is 16.3 Å². The van der Waals surface area contributed by atoms with Crippen molar-refractivity contribution >= 4 is 17.5 Å². The number of benzene rings is 1. The summed E-state index contributed by atoms with van der Waals surface area (Å²) in [7, 11) is 0. The summed E-state index contributed by atoms with van der Waals surface area (Å²) in [6, 6.07) is 11.6. The Morgan fingerprint density at radius 1 is 1.10 bits per heavy atom. The van der Waals surface area contributed by atoms with Crippen molar-refractivity contribution in [3.05, 3.63) is 54.0 Å². The van der Waals surface area contributed by atoms with Crippen molar-refractivity contribution in [1.82, 2.24) is 20.0 Å². The topological polar surface area (TPSA) is 87.4 Å². The third kappa shape index (κ3) is 4.37. The monoisotopic (exact) mass is 392 g/mol. The number of anilines is 2. The minimum absolute atomic E-state index is 0.0688. The zero-order valence-electron chi connectivity index (χ0n) is 16.6. The first-order chi connectivity index (χ1) is 14.1. The Hall–Kier alpha value is -3.42. The number of hydrogen-bond acceptors (Lipinski definition) is 6. The number of rotatable bonds is 4. The van der Waals surface area contributed by atoms with Crippen molar-refractivity contribution in [2.24, 2.45) is 0 Å². The van der Waals surface area contributed by atoms with Gasteiger partial charge >= 0.3 is 6.03 Å². The lowest BCUT2D eigenvalue weighted by Crippen LogP contribution is -2.50. The van der Waals surface area contributed by atoms with Gasteiger partial charge in [0.05, 0.1) is 0 Å². The van der Waals surface area contributed by atoms with E-state index in [-0.39, 0.29) is 6.03 Å². The second kappa shape index (κ2) is 8.30. The lowest BCUT2D eigenvalue weighted by Gasteiger charge is -2.35. The number of carbonyl (C=O) groups excluding carboxylic acids is 1. The molecule has 150 valence electrons. The van der Waals surface area contributed by atoms with Gasteiger partial charge in [-0.3, -0.25) is 0 Å². The number of piperazine rings is 1. The second-order valence-corrected chi connectivity index (χ2v) is 7.04. The Labute approximate surface area is 169 Å². The number of pyridine rings is 1. The lowest BCUT2D eigenvalue weighted by molar-refractivity contribution is 0.208. The number of nitrogens with zero attached hydrogens (tertiary/aromatic N) is 5. The van der Waals surface area contributed by atoms with Crippen LogP contribution in [0.1, 0.15) is 18.4 Å². The van der Waals surface area contributed by atoms with E-state index in [4.69, 9.17) is 4.52 Å². The van der Waals surface area contributed by atoms with E-state index in [0.29, 0.717) is 31.2 Å². The minimum atomic E-state index is -0.0688. The van der Waals surface area contributed by atoms with Gasteiger partial charge in [-0.15, -0.1) is 0 Å². The second-order valence-electron chi connectivity index (χ2n) is 7.04. The molecule has 0 unspecified atom stereocenters. The van der Waals surface area contributed by atoms with E-state index in [2.05, 4.69) is 25.3 Å². The van der Waals surface area contributed by atoms with Gasteiger partial charge < -0.3 is 19.6 Å². The first-order valence-corrected chi connectivity index (χ1v) is 9.79. The van der Waals surface area contributed by atoms with Crippen LogP contribution in [0.5, 0.6) is 0 Å². The molecule has 4 rings (SSSR count). The molecule has 0 atom stereocenters. The summed E-state index contributed by atoms with van der Waals surface area (Å²) in [4.78, 5) is 25.4. The molecule has 1 saturated heterocycles. The number of carbonyl (C=O) groups is 1. The summed E-state index contributed by atoms with van der Waals surface area (Å²) >= 11 is 0. The first-order valence-electron chi connectivity index (χ1n) is 9.79. The average Bonchev–Trinajstić information content (AvgIpc) is 3.25. The fraction of sp³-hybridized carbons (Fsp3) is 0.333. The molecule has 0 spiro atoms. The molecule has 1 fully saturated rings. The number of aryl methyl sites for hydroxylation is 2. The molecule has 3 heterocycles. The predicted octanol–water partition coefficient (Wildman–Crippen LogP) is 3.36. The standard InChI is InChI=1S/C21H24N6O2/c1-3-19-24-20(25-29-19)16-6-9-18(22-14-16)26-10-12-27(13-11-26)21(28)23-17-7-4-15(2)5-8-17/h4-9,14H,3,10-13H2,1-2H3,(H,23,28). The van der Waals surface area contributed by atoms with Gasteiger partial charge in [-0.2, -0.15) is 4.98 Å². The van der Waals surface area contributed by atoms with Gasteiger partial charge in [0.2, 0.25) is 11.7 Å². The van der Waals surface area contributed by atoms with Crippen LogP contribution in [0.3, 0.4) is 0 Å². The number of urea groups is 1. The van der Waals surface area contributed by atoms with E-state index in [1.807, 2.05) is 55.1 Å². The Kier molecular flexibility index (Phi) is 5.41. The van der Waals surface area contributed by atoms with Gasteiger partial charge in [0.25, 0.3) is 0 Å². The highest BCUT2D eigenvalue weighted by atomic mass is 16.5. The molecule has 1 aliphatic rings. The van der Waals surface area contributed by atoms with Crippen LogP contribution in [0.2, 0.25) is 0 Å². The lowest BCUT2D eigenvalue weighted by atomic mass is 10.2. The average molecular weight is 392 g/mol. The third-order valence-corrected chi connectivity index (χ3v) is 4.97. The summed E-state index contributed by atoms with van der Waals surface area (Å²) in [5, 5.41) is 6.93. The van der Waals surface area contributed by atoms with E-state index >= 15 is 0 Å². The summed E-state index contributed by atoms with van der Waals surface area (Å²) in [6.45, 7) is 6.75. The van der Waals surface area contributed by atoms with Crippen molar-refractivity contribution < 1.29 is 9.32 Å². The van der Waals surface area contributed by atoms with Crippen molar-refractivity contribution in [3.8, 4) is 11.4 Å². The van der Waals surface area contributed by atoms with Crippen LogP contribution < -0.4 is 10.2 Å². The van der Waals surface area contributed by atoms with Crippen LogP contribution in [-0.4, -0.2) is 52.2 Å². The van der Waals surface area contributed by atoms with Crippen molar-refractivity contribution in [2.45, 2.75) is 20.3 Å². The Morgan fingerprint density at radius 3 is 2.48 bits per heavy atom. The molecule has 2 amide bonds. The van der Waals surface area contributed by atoms with Crippen LogP contribution in [-0.2, 0) is 6.42 Å². The molecule has 1 N–H and O–H groups in total. The molecule has 1 aromatic carbocycles. The number of hydrogen-bond donors (Lipinski definition) is 1. The maximum atomic E-state index is 12.5. The van der Waals surface area contributed by atoms with Gasteiger partial charge in [0.1, 0.15) is 5.82 Å². The van der Waals surface area contributed by atoms with Crippen molar-refractivity contribution in [3.63, 3.8) is 0 Å². The zero-order valence-corrected chi connectivity index (χ0v) is 16.6. The number of amides is 2. The third-order valence-electron chi connectivity index (χ3n) is 4.97. The summed E-state index contributed by atoms with van der Waals surface area (Å²) in [5.74, 6) is 2.05. The largest absolute Gasteiger partial charge is 0.353 e. The van der Waals surface area contributed by atoms with Gasteiger partial charge in [0.15, 0.2) is 0 Å². The van der Waals surface area contributed by atoms with E-state index in [1.54, 1.807) is 6.20 Å². The SMILES string of the molecule is CCc1nc(-c2ccc(N3CCN(C(=O)Nc4ccc(C)cc4)CC3)nc2)no1. The Bertz CT molecular complexity index is 960. The molecule has 8 heteroatoms. The van der Waals surface area contributed by atoms with Gasteiger partial charge in [-0.1, -0.05) is 29.8 Å². The minimum Gasteiger partial charge on any atom is -0.353 e. The van der Waals surface area contributed by atoms with Gasteiger partial charge in [0, 0.05) is 50.0 Å². The summed E-state index contributed by atoms with van der Waals surface area (Å²) in [6.07, 6.45) is 2.47. The molecule has 0 aliphatic carbocycles. The van der Waals surface area contributed by atoms with E-state index in [0.717, 1.165) is 30.2 Å². The highest BCUT2D eigenvalue weighted by molar-refractivity contribution is 5.89. The van der Waals surface area contributed by atoms with Gasteiger partial charge in [-0.05, 0) is 31.2 Å². The molecule has 3 aromatic rings. The smallest absolute Gasteiger partial charge is 0.321 e. The number of aromatic nitrogens is 3. The Morgan fingerprint density at radius 2 is 1.86 bits per heavy atom. The molecule has 2 aromatic heterocycles. The van der Waals surface area contributed by atoms with E-state index in [1.165, 1.54) is 5.56 Å². The summed E-state index contributed by atoms with van der Waals surface area (Å²) in [5.41, 5.74) is 2.81. The van der Waals surface area contributed by atoms with Gasteiger partial charge in [-0.25, -0.2) is 9.78 Å². The van der Waals surface area contributed by atoms with Crippen LogP contribution >= 0.6 is 0 Å². The maximum Gasteiger partial charge on any atom is 0.321 e. The van der Waals surface area contributed by atoms with Crippen molar-refractivity contribution in [1.29, 1.82) is 0 Å².